The number of hydrogen-bond acceptors (Lipinski definition) is 8. The van der Waals surface area contributed by atoms with Gasteiger partial charge in [-0.25, -0.2) is 4.79 Å². The number of amides is 1. The Balaban J connectivity index is 1.12. The van der Waals surface area contributed by atoms with Crippen LogP contribution in [0.4, 0.5) is 0 Å². The summed E-state index contributed by atoms with van der Waals surface area (Å²) in [5.74, 6) is 0.664. The Kier molecular flexibility index (Phi) is 5.26. The zero-order valence-corrected chi connectivity index (χ0v) is 20.2. The topological polar surface area (TPSA) is 114 Å². The largest absolute Gasteiger partial charge is 0.456 e. The summed E-state index contributed by atoms with van der Waals surface area (Å²) < 4.78 is 6.91. The van der Waals surface area contributed by atoms with Gasteiger partial charge in [-0.2, -0.15) is 4.68 Å². The maximum Gasteiger partial charge on any atom is 0.336 e. The fourth-order valence-corrected chi connectivity index (χ4v) is 6.22. The molecule has 1 aromatic carbocycles. The molecule has 1 aromatic heterocycles. The van der Waals surface area contributed by atoms with Gasteiger partial charge >= 0.3 is 5.97 Å². The second-order valence-electron chi connectivity index (χ2n) is 10.2. The molecule has 0 aliphatic carbocycles. The minimum atomic E-state index is -0.602. The van der Waals surface area contributed by atoms with Crippen LogP contribution >= 0.6 is 0 Å². The van der Waals surface area contributed by atoms with Crippen LogP contribution in [0.5, 0.6) is 0 Å². The Hall–Kier alpha value is -3.11. The van der Waals surface area contributed by atoms with E-state index >= 15 is 0 Å². The van der Waals surface area contributed by atoms with Gasteiger partial charge in [-0.05, 0) is 85.8 Å². The van der Waals surface area contributed by atoms with Crippen LogP contribution in [0.15, 0.2) is 23.4 Å². The molecule has 0 saturated carbocycles. The van der Waals surface area contributed by atoms with Gasteiger partial charge in [-0.3, -0.25) is 4.79 Å². The first-order chi connectivity index (χ1) is 16.9. The summed E-state index contributed by atoms with van der Waals surface area (Å²) in [6.07, 6.45) is 3.38. The second-order valence-corrected chi connectivity index (χ2v) is 10.2. The van der Waals surface area contributed by atoms with Crippen molar-refractivity contribution in [3.05, 3.63) is 45.9 Å². The Morgan fingerprint density at radius 1 is 1.11 bits per heavy atom. The van der Waals surface area contributed by atoms with E-state index in [9.17, 15) is 14.7 Å². The van der Waals surface area contributed by atoms with E-state index in [2.05, 4.69) is 27.3 Å². The SMILES string of the molecule is CC1=C(N2CCC3(CCN(CC(O)c4ccc5c(c4C)CCc4nnnn4-5)CC3)C2=O)COC1=O. The van der Waals surface area contributed by atoms with Crippen LogP contribution in [0.3, 0.4) is 0 Å². The molecule has 2 saturated heterocycles. The summed E-state index contributed by atoms with van der Waals surface area (Å²) in [4.78, 5) is 29.2. The summed E-state index contributed by atoms with van der Waals surface area (Å²) in [5.41, 5.74) is 5.13. The van der Waals surface area contributed by atoms with Gasteiger partial charge in [-0.15, -0.1) is 5.10 Å². The molecular weight excluding hydrogens is 448 g/mol. The predicted molar refractivity (Wildman–Crippen MR) is 124 cm³/mol. The Morgan fingerprint density at radius 2 is 1.89 bits per heavy atom. The first kappa shape index (κ1) is 22.4. The predicted octanol–water partition coefficient (Wildman–Crippen LogP) is 1.25. The maximum atomic E-state index is 13.4. The number of piperidine rings is 1. The van der Waals surface area contributed by atoms with Gasteiger partial charge in [-0.1, -0.05) is 6.07 Å². The van der Waals surface area contributed by atoms with Crippen molar-refractivity contribution < 1.29 is 19.4 Å². The Labute approximate surface area is 203 Å². The van der Waals surface area contributed by atoms with E-state index in [1.54, 1.807) is 16.5 Å². The van der Waals surface area contributed by atoms with Crippen molar-refractivity contribution in [3.63, 3.8) is 0 Å². The van der Waals surface area contributed by atoms with Crippen molar-refractivity contribution in [2.75, 3.05) is 32.8 Å². The number of esters is 1. The summed E-state index contributed by atoms with van der Waals surface area (Å²) in [5, 5.41) is 23.1. The molecule has 6 rings (SSSR count). The highest BCUT2D eigenvalue weighted by Gasteiger charge is 2.50. The summed E-state index contributed by atoms with van der Waals surface area (Å²) >= 11 is 0. The number of aliphatic hydroxyl groups is 1. The van der Waals surface area contributed by atoms with E-state index in [1.807, 2.05) is 12.1 Å². The number of aromatic nitrogens is 4. The first-order valence-electron chi connectivity index (χ1n) is 12.4. The van der Waals surface area contributed by atoms with E-state index in [-0.39, 0.29) is 23.9 Å². The normalized spacial score (nSPS) is 22.5. The third kappa shape index (κ3) is 3.49. The molecule has 1 atom stereocenters. The fourth-order valence-electron chi connectivity index (χ4n) is 6.22. The standard InChI is InChI=1S/C25H30N6O4/c1-15-17-4-6-22-26-27-28-31(22)19(17)5-3-18(15)21(32)13-29-10-7-25(8-11-29)9-12-30(24(25)34)20-14-35-23(33)16(20)2/h3,5,21,32H,4,6-14H2,1-2H3. The molecule has 2 fully saturated rings. The van der Waals surface area contributed by atoms with Crippen molar-refractivity contribution in [1.29, 1.82) is 0 Å². The van der Waals surface area contributed by atoms with Gasteiger partial charge in [0.2, 0.25) is 5.91 Å². The number of carbonyl (C=O) groups is 2. The van der Waals surface area contributed by atoms with Gasteiger partial charge in [0.25, 0.3) is 0 Å². The molecule has 0 radical (unpaired) electrons. The summed E-state index contributed by atoms with van der Waals surface area (Å²) in [6.45, 7) is 6.71. The average Bonchev–Trinajstić information content (AvgIpc) is 3.55. The lowest BCUT2D eigenvalue weighted by molar-refractivity contribution is -0.138. The van der Waals surface area contributed by atoms with Crippen molar-refractivity contribution in [2.45, 2.75) is 52.1 Å². The third-order valence-electron chi connectivity index (χ3n) is 8.50. The number of aryl methyl sites for hydroxylation is 1. The van der Waals surface area contributed by atoms with Crippen LogP contribution in [0.25, 0.3) is 5.69 Å². The van der Waals surface area contributed by atoms with Crippen molar-refractivity contribution in [2.24, 2.45) is 5.41 Å². The van der Waals surface area contributed by atoms with Gasteiger partial charge in [0.1, 0.15) is 6.61 Å². The lowest BCUT2D eigenvalue weighted by atomic mass is 9.77. The molecule has 184 valence electrons. The molecular formula is C25H30N6O4. The van der Waals surface area contributed by atoms with Gasteiger partial charge in [0.15, 0.2) is 5.82 Å². The molecule has 4 aliphatic rings. The number of aliphatic hydroxyl groups excluding tert-OH is 1. The molecule has 1 N–H and O–H groups in total. The number of β-amino-alcohol motifs (C(OH)–C–C–N with tert-alkyl or cyclic N) is 1. The highest BCUT2D eigenvalue weighted by Crippen LogP contribution is 2.44. The Morgan fingerprint density at radius 3 is 2.63 bits per heavy atom. The van der Waals surface area contributed by atoms with Crippen molar-refractivity contribution >= 4 is 11.9 Å². The van der Waals surface area contributed by atoms with E-state index in [1.165, 1.54) is 5.56 Å². The monoisotopic (exact) mass is 478 g/mol. The number of cyclic esters (lactones) is 1. The molecule has 4 aliphatic heterocycles. The minimum absolute atomic E-state index is 0.123. The Bertz CT molecular complexity index is 1240. The number of carbonyl (C=O) groups excluding carboxylic acids is 2. The summed E-state index contributed by atoms with van der Waals surface area (Å²) in [7, 11) is 0. The smallest absolute Gasteiger partial charge is 0.336 e. The number of rotatable bonds is 4. The van der Waals surface area contributed by atoms with Crippen molar-refractivity contribution in [1.82, 2.24) is 30.0 Å². The molecule has 35 heavy (non-hydrogen) atoms. The fraction of sp³-hybridized carbons (Fsp3) is 0.560. The first-order valence-corrected chi connectivity index (χ1v) is 12.4. The number of fused-ring (bicyclic) bond motifs is 3. The molecule has 5 heterocycles. The van der Waals surface area contributed by atoms with E-state index in [4.69, 9.17) is 4.74 Å². The number of tetrazole rings is 1. The molecule has 2 aromatic rings. The molecule has 1 unspecified atom stereocenters. The number of likely N-dealkylation sites (tertiary alicyclic amines) is 2. The van der Waals surface area contributed by atoms with Crippen molar-refractivity contribution in [3.8, 4) is 5.69 Å². The molecule has 1 amide bonds. The van der Waals surface area contributed by atoms with Gasteiger partial charge in [0, 0.05) is 19.5 Å². The van der Waals surface area contributed by atoms with Gasteiger partial charge in [0.05, 0.1) is 28.5 Å². The number of ether oxygens (including phenoxy) is 1. The second kappa shape index (κ2) is 8.23. The van der Waals surface area contributed by atoms with Crippen LogP contribution in [-0.2, 0) is 27.2 Å². The zero-order valence-electron chi connectivity index (χ0n) is 20.2. The maximum absolute atomic E-state index is 13.4. The zero-order chi connectivity index (χ0) is 24.3. The van der Waals surface area contributed by atoms with E-state index < -0.39 is 6.10 Å². The number of nitrogens with zero attached hydrogens (tertiary/aromatic N) is 6. The van der Waals surface area contributed by atoms with Crippen LogP contribution < -0.4 is 0 Å². The number of benzene rings is 1. The molecule has 1 spiro atoms. The van der Waals surface area contributed by atoms with E-state index in [0.29, 0.717) is 18.7 Å². The summed E-state index contributed by atoms with van der Waals surface area (Å²) in [6, 6.07) is 3.99. The molecule has 10 heteroatoms. The highest BCUT2D eigenvalue weighted by atomic mass is 16.5. The van der Waals surface area contributed by atoms with Crippen LogP contribution in [0.1, 0.15) is 54.8 Å². The van der Waals surface area contributed by atoms with Gasteiger partial charge < -0.3 is 19.6 Å². The average molecular weight is 479 g/mol. The number of hydrogen-bond donors (Lipinski definition) is 1. The van der Waals surface area contributed by atoms with Crippen LogP contribution in [-0.4, -0.2) is 79.8 Å². The molecule has 0 bridgehead atoms. The minimum Gasteiger partial charge on any atom is -0.456 e. The van der Waals surface area contributed by atoms with E-state index in [0.717, 1.165) is 73.5 Å². The quantitative estimate of drug-likeness (QED) is 0.653. The van der Waals surface area contributed by atoms with Crippen LogP contribution in [0.2, 0.25) is 0 Å². The lowest BCUT2D eigenvalue weighted by Gasteiger charge is -2.39. The molecule has 10 nitrogen and oxygen atoms in total. The highest BCUT2D eigenvalue weighted by molar-refractivity contribution is 5.94. The lowest BCUT2D eigenvalue weighted by Crippen LogP contribution is -2.45. The third-order valence-corrected chi connectivity index (χ3v) is 8.50. The van der Waals surface area contributed by atoms with Crippen LogP contribution in [0, 0.1) is 12.3 Å².